The van der Waals surface area contributed by atoms with Gasteiger partial charge in [-0.2, -0.15) is 0 Å². The first-order valence-corrected chi connectivity index (χ1v) is 5.63. The summed E-state index contributed by atoms with van der Waals surface area (Å²) in [5.74, 6) is 0.0558. The number of aromatic nitrogens is 1. The Bertz CT molecular complexity index is 317. The molecule has 1 aromatic rings. The van der Waals surface area contributed by atoms with Gasteiger partial charge in [0.1, 0.15) is 5.69 Å². The average molecular weight is 248 g/mol. The van der Waals surface area contributed by atoms with Crippen LogP contribution in [0.4, 0.5) is 0 Å². The van der Waals surface area contributed by atoms with E-state index >= 15 is 0 Å². The van der Waals surface area contributed by atoms with E-state index in [-0.39, 0.29) is 24.4 Å². The number of carbonyl (C=O) groups excluding carboxylic acids is 1. The second kappa shape index (κ2) is 5.44. The van der Waals surface area contributed by atoms with E-state index in [2.05, 4.69) is 17.2 Å². The lowest BCUT2D eigenvalue weighted by Gasteiger charge is -2.33. The molecule has 1 N–H and O–H groups in total. The Morgan fingerprint density at radius 2 is 2.53 bits per heavy atom. The molecule has 1 aromatic heterocycles. The summed E-state index contributed by atoms with van der Waals surface area (Å²) in [4.78, 5) is 17.8. The maximum atomic E-state index is 11.9. The lowest BCUT2D eigenvalue weighted by molar-refractivity contribution is 0.0650. The first-order valence-electron chi connectivity index (χ1n) is 4.69. The molecule has 1 fully saturated rings. The zero-order valence-corrected chi connectivity index (χ0v) is 10.1. The highest BCUT2D eigenvalue weighted by atomic mass is 35.5. The highest BCUT2D eigenvalue weighted by Gasteiger charge is 2.24. The molecule has 15 heavy (non-hydrogen) atoms. The highest BCUT2D eigenvalue weighted by molar-refractivity contribution is 7.07. The molecular weight excluding hydrogens is 234 g/mol. The minimum absolute atomic E-state index is 0. The van der Waals surface area contributed by atoms with E-state index in [0.717, 1.165) is 19.6 Å². The predicted molar refractivity (Wildman–Crippen MR) is 62.7 cm³/mol. The molecule has 2 heterocycles. The van der Waals surface area contributed by atoms with Crippen LogP contribution in [0.2, 0.25) is 0 Å². The van der Waals surface area contributed by atoms with Gasteiger partial charge in [-0.15, -0.1) is 23.7 Å². The van der Waals surface area contributed by atoms with Crippen molar-refractivity contribution in [3.05, 3.63) is 16.6 Å². The lowest BCUT2D eigenvalue weighted by atomic mass is 10.2. The predicted octanol–water partition coefficient (Wildman–Crippen LogP) is 0.999. The van der Waals surface area contributed by atoms with Crippen molar-refractivity contribution >= 4 is 29.7 Å². The summed E-state index contributed by atoms with van der Waals surface area (Å²) in [5.41, 5.74) is 2.27. The summed E-state index contributed by atoms with van der Waals surface area (Å²) in [5, 5.41) is 5.06. The molecule has 0 bridgehead atoms. The molecule has 0 radical (unpaired) electrons. The van der Waals surface area contributed by atoms with Crippen molar-refractivity contribution in [1.29, 1.82) is 0 Å². The van der Waals surface area contributed by atoms with Gasteiger partial charge in [-0.25, -0.2) is 4.98 Å². The monoisotopic (exact) mass is 247 g/mol. The minimum Gasteiger partial charge on any atom is -0.332 e. The third-order valence-electron chi connectivity index (χ3n) is 2.41. The number of hydrogen-bond acceptors (Lipinski definition) is 4. The number of thiazole rings is 1. The van der Waals surface area contributed by atoms with Gasteiger partial charge in [0.05, 0.1) is 5.51 Å². The summed E-state index contributed by atoms with van der Waals surface area (Å²) >= 11 is 1.46. The van der Waals surface area contributed by atoms with Gasteiger partial charge in [0.2, 0.25) is 0 Å². The summed E-state index contributed by atoms with van der Waals surface area (Å²) in [6, 6.07) is 0.262. The maximum absolute atomic E-state index is 11.9. The third-order valence-corrected chi connectivity index (χ3v) is 3.00. The molecular formula is C9H14ClN3OS. The minimum atomic E-state index is 0. The van der Waals surface area contributed by atoms with Crippen LogP contribution >= 0.6 is 23.7 Å². The molecule has 4 nitrogen and oxygen atoms in total. The van der Waals surface area contributed by atoms with Crippen molar-refractivity contribution in [2.45, 2.75) is 13.0 Å². The van der Waals surface area contributed by atoms with Crippen LogP contribution in [0.25, 0.3) is 0 Å². The van der Waals surface area contributed by atoms with Crippen molar-refractivity contribution in [2.24, 2.45) is 0 Å². The molecule has 0 aromatic carbocycles. The molecule has 84 valence electrons. The van der Waals surface area contributed by atoms with Crippen molar-refractivity contribution in [3.63, 3.8) is 0 Å². The SMILES string of the molecule is CC1CNCCN1C(=O)c1cscn1.Cl. The first-order chi connectivity index (χ1) is 6.79. The third kappa shape index (κ3) is 2.68. The number of amides is 1. The number of hydrogen-bond donors (Lipinski definition) is 1. The molecule has 1 saturated heterocycles. The van der Waals surface area contributed by atoms with Gasteiger partial charge in [0.15, 0.2) is 0 Å². The molecule has 1 amide bonds. The number of nitrogens with one attached hydrogen (secondary N) is 1. The van der Waals surface area contributed by atoms with Gasteiger partial charge in [-0.1, -0.05) is 0 Å². The van der Waals surface area contributed by atoms with Crippen molar-refractivity contribution in [1.82, 2.24) is 15.2 Å². The van der Waals surface area contributed by atoms with Gasteiger partial charge in [0.25, 0.3) is 5.91 Å². The molecule has 0 saturated carbocycles. The van der Waals surface area contributed by atoms with E-state index < -0.39 is 0 Å². The van der Waals surface area contributed by atoms with Gasteiger partial charge >= 0.3 is 0 Å². The lowest BCUT2D eigenvalue weighted by Crippen LogP contribution is -2.52. The smallest absolute Gasteiger partial charge is 0.273 e. The van der Waals surface area contributed by atoms with Gasteiger partial charge < -0.3 is 10.2 Å². The Hall–Kier alpha value is -0.650. The zero-order chi connectivity index (χ0) is 9.97. The molecule has 1 aliphatic heterocycles. The fourth-order valence-electron chi connectivity index (χ4n) is 1.61. The molecule has 1 aliphatic rings. The molecule has 1 atom stereocenters. The maximum Gasteiger partial charge on any atom is 0.273 e. The number of rotatable bonds is 1. The van der Waals surface area contributed by atoms with E-state index in [1.165, 1.54) is 11.3 Å². The van der Waals surface area contributed by atoms with E-state index in [9.17, 15) is 4.79 Å². The van der Waals surface area contributed by atoms with Gasteiger partial charge in [-0.3, -0.25) is 4.79 Å². The molecule has 2 rings (SSSR count). The van der Waals surface area contributed by atoms with E-state index in [1.54, 1.807) is 10.9 Å². The Labute approximate surface area is 99.1 Å². The summed E-state index contributed by atoms with van der Waals surface area (Å²) < 4.78 is 0. The van der Waals surface area contributed by atoms with Crippen LogP contribution in [0.3, 0.4) is 0 Å². The molecule has 6 heteroatoms. The van der Waals surface area contributed by atoms with Gasteiger partial charge in [0, 0.05) is 31.1 Å². The number of piperazine rings is 1. The van der Waals surface area contributed by atoms with E-state index in [0.29, 0.717) is 5.69 Å². The van der Waals surface area contributed by atoms with Crippen LogP contribution in [-0.2, 0) is 0 Å². The molecule has 1 unspecified atom stereocenters. The fourth-order valence-corrected chi connectivity index (χ4v) is 2.13. The standard InChI is InChI=1S/C9H13N3OS.ClH/c1-7-4-10-2-3-12(7)9(13)8-5-14-6-11-8;/h5-7,10H,2-4H2,1H3;1H. The largest absolute Gasteiger partial charge is 0.332 e. The summed E-state index contributed by atoms with van der Waals surface area (Å²) in [6.07, 6.45) is 0. The second-order valence-corrected chi connectivity index (χ2v) is 4.14. The van der Waals surface area contributed by atoms with Crippen molar-refractivity contribution in [2.75, 3.05) is 19.6 Å². The van der Waals surface area contributed by atoms with Crippen LogP contribution in [0.1, 0.15) is 17.4 Å². The number of halogens is 1. The quantitative estimate of drug-likeness (QED) is 0.805. The van der Waals surface area contributed by atoms with E-state index in [1.807, 2.05) is 4.90 Å². The second-order valence-electron chi connectivity index (χ2n) is 3.43. The Balaban J connectivity index is 0.00000112. The molecule has 0 aliphatic carbocycles. The topological polar surface area (TPSA) is 45.2 Å². The summed E-state index contributed by atoms with van der Waals surface area (Å²) in [6.45, 7) is 4.57. The Morgan fingerprint density at radius 3 is 3.13 bits per heavy atom. The van der Waals surface area contributed by atoms with Crippen LogP contribution in [-0.4, -0.2) is 41.5 Å². The average Bonchev–Trinajstić information content (AvgIpc) is 2.70. The van der Waals surface area contributed by atoms with Crippen LogP contribution in [0.15, 0.2) is 10.9 Å². The van der Waals surface area contributed by atoms with Crippen molar-refractivity contribution in [3.8, 4) is 0 Å². The van der Waals surface area contributed by atoms with Crippen molar-refractivity contribution < 1.29 is 4.79 Å². The van der Waals surface area contributed by atoms with Crippen LogP contribution in [0.5, 0.6) is 0 Å². The number of nitrogens with zero attached hydrogens (tertiary/aromatic N) is 2. The first kappa shape index (κ1) is 12.4. The zero-order valence-electron chi connectivity index (χ0n) is 8.47. The van der Waals surface area contributed by atoms with Gasteiger partial charge in [-0.05, 0) is 6.92 Å². The molecule has 0 spiro atoms. The van der Waals surface area contributed by atoms with E-state index in [4.69, 9.17) is 0 Å². The summed E-state index contributed by atoms with van der Waals surface area (Å²) in [7, 11) is 0. The Kier molecular flexibility index (Phi) is 4.50. The highest BCUT2D eigenvalue weighted by Crippen LogP contribution is 2.10. The number of carbonyl (C=O) groups is 1. The normalized spacial score (nSPS) is 20.9. The Morgan fingerprint density at radius 1 is 1.73 bits per heavy atom. The van der Waals surface area contributed by atoms with Crippen LogP contribution < -0.4 is 5.32 Å². The van der Waals surface area contributed by atoms with Crippen LogP contribution in [0, 0.1) is 0 Å². The fraction of sp³-hybridized carbons (Fsp3) is 0.556.